The highest BCUT2D eigenvalue weighted by Gasteiger charge is 2.15. The van der Waals surface area contributed by atoms with E-state index in [0.717, 1.165) is 38.6 Å². The minimum absolute atomic E-state index is 0.478. The second-order valence-electron chi connectivity index (χ2n) is 6.77. The Balaban J connectivity index is 1.63. The summed E-state index contributed by atoms with van der Waals surface area (Å²) in [5.41, 5.74) is 4.96. The van der Waals surface area contributed by atoms with Gasteiger partial charge >= 0.3 is 0 Å². The molecule has 0 amide bonds. The van der Waals surface area contributed by atoms with Gasteiger partial charge in [0.15, 0.2) is 11.5 Å². The lowest BCUT2D eigenvalue weighted by atomic mass is 10.1. The number of benzene rings is 2. The minimum atomic E-state index is 0.478. The van der Waals surface area contributed by atoms with Crippen molar-refractivity contribution in [2.24, 2.45) is 0 Å². The second kappa shape index (κ2) is 7.28. The topological polar surface area (TPSA) is 60.0 Å². The van der Waals surface area contributed by atoms with Crippen LogP contribution in [0.25, 0.3) is 33.1 Å². The molecule has 2 aromatic carbocycles. The van der Waals surface area contributed by atoms with Crippen molar-refractivity contribution < 1.29 is 9.47 Å². The molecule has 0 aliphatic rings. The Labute approximate surface area is 168 Å². The van der Waals surface area contributed by atoms with E-state index in [1.807, 2.05) is 73.1 Å². The lowest BCUT2D eigenvalue weighted by Crippen LogP contribution is -1.97. The number of hydrogen-bond acceptors (Lipinski definition) is 4. The first-order valence-electron chi connectivity index (χ1n) is 9.39. The first-order chi connectivity index (χ1) is 14.3. The first-order valence-corrected chi connectivity index (χ1v) is 9.39. The second-order valence-corrected chi connectivity index (χ2v) is 6.77. The molecule has 3 aromatic heterocycles. The molecular weight excluding hydrogens is 362 g/mol. The number of aromatic amines is 1. The van der Waals surface area contributed by atoms with E-state index < -0.39 is 0 Å². The van der Waals surface area contributed by atoms with Crippen molar-refractivity contribution in [1.82, 2.24) is 15.0 Å². The summed E-state index contributed by atoms with van der Waals surface area (Å²) in [4.78, 5) is 12.3. The van der Waals surface area contributed by atoms with Gasteiger partial charge in [0.05, 0.1) is 23.8 Å². The maximum Gasteiger partial charge on any atom is 0.163 e. The van der Waals surface area contributed by atoms with E-state index >= 15 is 0 Å². The third kappa shape index (κ3) is 3.17. The average Bonchev–Trinajstić information content (AvgIpc) is 3.15. The van der Waals surface area contributed by atoms with Crippen LogP contribution in [0.4, 0.5) is 0 Å². The third-order valence-corrected chi connectivity index (χ3v) is 4.97. The van der Waals surface area contributed by atoms with E-state index in [-0.39, 0.29) is 0 Å². The van der Waals surface area contributed by atoms with Crippen molar-refractivity contribution >= 4 is 21.8 Å². The summed E-state index contributed by atoms with van der Waals surface area (Å²) < 4.78 is 11.7. The third-order valence-electron chi connectivity index (χ3n) is 4.97. The number of ether oxygens (including phenoxy) is 2. The number of H-pyrrole nitrogens is 1. The number of methoxy groups -OCH3 is 1. The van der Waals surface area contributed by atoms with E-state index in [4.69, 9.17) is 9.47 Å². The minimum Gasteiger partial charge on any atom is -0.493 e. The van der Waals surface area contributed by atoms with E-state index in [1.54, 1.807) is 13.3 Å². The van der Waals surface area contributed by atoms with Gasteiger partial charge in [0, 0.05) is 41.0 Å². The van der Waals surface area contributed by atoms with Gasteiger partial charge in [-0.05, 0) is 29.8 Å². The molecule has 0 aliphatic carbocycles. The summed E-state index contributed by atoms with van der Waals surface area (Å²) in [5.74, 6) is 1.39. The number of pyridine rings is 2. The van der Waals surface area contributed by atoms with Crippen LogP contribution in [-0.4, -0.2) is 22.1 Å². The predicted molar refractivity (Wildman–Crippen MR) is 114 cm³/mol. The van der Waals surface area contributed by atoms with Gasteiger partial charge in [-0.1, -0.05) is 30.3 Å². The van der Waals surface area contributed by atoms with Crippen LogP contribution in [-0.2, 0) is 6.61 Å². The Bertz CT molecular complexity index is 1280. The standard InChI is InChI=1S/C24H19N3O2/c1-28-21-12-18-20(13-22(21)29-15-16-6-3-2-4-7-16)27-19-9-11-26-24(23(18)19)17-8-5-10-25-14-17/h2-14,27H,15H2,1H3. The molecular formula is C24H19N3O2. The fourth-order valence-corrected chi connectivity index (χ4v) is 3.58. The molecule has 3 heterocycles. The Morgan fingerprint density at radius 2 is 1.79 bits per heavy atom. The van der Waals surface area contributed by atoms with E-state index in [9.17, 15) is 0 Å². The molecule has 1 N–H and O–H groups in total. The molecule has 5 aromatic rings. The maximum atomic E-state index is 6.06. The van der Waals surface area contributed by atoms with E-state index in [1.165, 1.54) is 0 Å². The van der Waals surface area contributed by atoms with Crippen LogP contribution in [0.5, 0.6) is 11.5 Å². The van der Waals surface area contributed by atoms with Gasteiger partial charge in [0.1, 0.15) is 6.61 Å². The number of hydrogen-bond donors (Lipinski definition) is 1. The Morgan fingerprint density at radius 3 is 2.59 bits per heavy atom. The van der Waals surface area contributed by atoms with Crippen LogP contribution >= 0.6 is 0 Å². The molecule has 5 heteroatoms. The van der Waals surface area contributed by atoms with Gasteiger partial charge in [-0.2, -0.15) is 0 Å². The molecule has 29 heavy (non-hydrogen) atoms. The highest BCUT2D eigenvalue weighted by atomic mass is 16.5. The van der Waals surface area contributed by atoms with Gasteiger partial charge in [0.25, 0.3) is 0 Å². The van der Waals surface area contributed by atoms with Crippen molar-refractivity contribution in [2.45, 2.75) is 6.61 Å². The first kappa shape index (κ1) is 17.3. The number of nitrogens with zero attached hydrogens (tertiary/aromatic N) is 2. The Kier molecular flexibility index (Phi) is 4.33. The van der Waals surface area contributed by atoms with Gasteiger partial charge in [-0.15, -0.1) is 0 Å². The lowest BCUT2D eigenvalue weighted by molar-refractivity contribution is 0.285. The summed E-state index contributed by atoms with van der Waals surface area (Å²) >= 11 is 0. The number of aromatic nitrogens is 3. The number of fused-ring (bicyclic) bond motifs is 3. The summed E-state index contributed by atoms with van der Waals surface area (Å²) in [6, 6.07) is 20.0. The van der Waals surface area contributed by atoms with Crippen LogP contribution in [0.15, 0.2) is 79.3 Å². The quantitative estimate of drug-likeness (QED) is 0.445. The number of nitrogens with one attached hydrogen (secondary N) is 1. The number of rotatable bonds is 5. The van der Waals surface area contributed by atoms with Gasteiger partial charge in [-0.3, -0.25) is 9.97 Å². The molecule has 0 aliphatic heterocycles. The molecule has 142 valence electrons. The zero-order valence-electron chi connectivity index (χ0n) is 15.9. The molecule has 5 rings (SSSR count). The summed E-state index contributed by atoms with van der Waals surface area (Å²) in [7, 11) is 1.66. The maximum absolute atomic E-state index is 6.06. The predicted octanol–water partition coefficient (Wildman–Crippen LogP) is 5.37. The van der Waals surface area contributed by atoms with Crippen molar-refractivity contribution in [3.05, 3.63) is 84.8 Å². The normalized spacial score (nSPS) is 11.1. The average molecular weight is 381 g/mol. The Morgan fingerprint density at radius 1 is 0.897 bits per heavy atom. The fraction of sp³-hybridized carbons (Fsp3) is 0.0833. The van der Waals surface area contributed by atoms with Gasteiger partial charge < -0.3 is 14.5 Å². The van der Waals surface area contributed by atoms with Crippen LogP contribution in [0.2, 0.25) is 0 Å². The fourth-order valence-electron chi connectivity index (χ4n) is 3.58. The monoisotopic (exact) mass is 381 g/mol. The van der Waals surface area contributed by atoms with E-state index in [0.29, 0.717) is 18.1 Å². The van der Waals surface area contributed by atoms with Crippen molar-refractivity contribution in [3.8, 4) is 22.8 Å². The smallest absolute Gasteiger partial charge is 0.163 e. The lowest BCUT2D eigenvalue weighted by Gasteiger charge is -2.11. The molecule has 5 nitrogen and oxygen atoms in total. The highest BCUT2D eigenvalue weighted by molar-refractivity contribution is 6.13. The largest absolute Gasteiger partial charge is 0.493 e. The van der Waals surface area contributed by atoms with Crippen LogP contribution < -0.4 is 9.47 Å². The Hall–Kier alpha value is -3.86. The SMILES string of the molecule is COc1cc2c(cc1OCc1ccccc1)[nH]c1ccnc(-c3cccnc3)c12. The molecule has 0 fully saturated rings. The zero-order valence-corrected chi connectivity index (χ0v) is 15.9. The molecule has 0 atom stereocenters. The highest BCUT2D eigenvalue weighted by Crippen LogP contribution is 2.39. The zero-order chi connectivity index (χ0) is 19.6. The molecule has 0 bridgehead atoms. The van der Waals surface area contributed by atoms with E-state index in [2.05, 4.69) is 15.0 Å². The summed E-state index contributed by atoms with van der Waals surface area (Å²) in [5, 5.41) is 2.08. The van der Waals surface area contributed by atoms with Gasteiger partial charge in [0.2, 0.25) is 0 Å². The molecule has 0 saturated carbocycles. The molecule has 0 saturated heterocycles. The summed E-state index contributed by atoms with van der Waals surface area (Å²) in [6.07, 6.45) is 5.40. The van der Waals surface area contributed by atoms with Crippen LogP contribution in [0.3, 0.4) is 0 Å². The van der Waals surface area contributed by atoms with Crippen molar-refractivity contribution in [2.75, 3.05) is 7.11 Å². The molecule has 0 spiro atoms. The molecule has 0 radical (unpaired) electrons. The molecule has 0 unspecified atom stereocenters. The van der Waals surface area contributed by atoms with Gasteiger partial charge in [-0.25, -0.2) is 0 Å². The van der Waals surface area contributed by atoms with Crippen molar-refractivity contribution in [3.63, 3.8) is 0 Å². The van der Waals surface area contributed by atoms with Crippen molar-refractivity contribution in [1.29, 1.82) is 0 Å². The van der Waals surface area contributed by atoms with Crippen LogP contribution in [0.1, 0.15) is 5.56 Å². The summed E-state index contributed by atoms with van der Waals surface area (Å²) in [6.45, 7) is 0.478. The van der Waals surface area contributed by atoms with Crippen LogP contribution in [0, 0.1) is 0 Å².